The molecule has 0 amide bonds. The molecular weight excluding hydrogens is 254 g/mol. The standard InChI is InChI=1S/C20H23N/c1-14-9-10-17-13-16(11-12-20(17)21-14)19-8-3-2-7-18(19)15-5-4-6-15/h2-3,7-8,11-15,21H,4-6,9-10H2,1H3. The topological polar surface area (TPSA) is 12.0 Å². The van der Waals surface area contributed by atoms with Gasteiger partial charge in [-0.2, -0.15) is 0 Å². The summed E-state index contributed by atoms with van der Waals surface area (Å²) in [6.45, 7) is 2.27. The van der Waals surface area contributed by atoms with Crippen LogP contribution in [0.4, 0.5) is 5.69 Å². The summed E-state index contributed by atoms with van der Waals surface area (Å²) in [6.07, 6.45) is 6.55. The fourth-order valence-corrected chi connectivity index (χ4v) is 3.65. The number of fused-ring (bicyclic) bond motifs is 1. The van der Waals surface area contributed by atoms with E-state index in [1.807, 2.05) is 0 Å². The third-order valence-electron chi connectivity index (χ3n) is 5.17. The first-order chi connectivity index (χ1) is 10.3. The SMILES string of the molecule is CC1CCc2cc(-c3ccccc3C3CCC3)ccc2N1. The number of anilines is 1. The van der Waals surface area contributed by atoms with E-state index >= 15 is 0 Å². The molecular formula is C20H23N. The Hall–Kier alpha value is -1.76. The van der Waals surface area contributed by atoms with Gasteiger partial charge in [0, 0.05) is 11.7 Å². The molecule has 4 rings (SSSR count). The van der Waals surface area contributed by atoms with Crippen LogP contribution in [0.1, 0.15) is 49.7 Å². The number of aryl methyl sites for hydroxylation is 1. The van der Waals surface area contributed by atoms with E-state index in [1.54, 1.807) is 5.56 Å². The number of nitrogens with one attached hydrogen (secondary N) is 1. The fourth-order valence-electron chi connectivity index (χ4n) is 3.65. The van der Waals surface area contributed by atoms with Gasteiger partial charge in [0.05, 0.1) is 0 Å². The zero-order valence-electron chi connectivity index (χ0n) is 12.7. The van der Waals surface area contributed by atoms with Gasteiger partial charge in [-0.05, 0) is 72.9 Å². The molecule has 108 valence electrons. The van der Waals surface area contributed by atoms with E-state index in [-0.39, 0.29) is 0 Å². The zero-order valence-corrected chi connectivity index (χ0v) is 12.7. The highest BCUT2D eigenvalue weighted by atomic mass is 14.9. The number of rotatable bonds is 2. The molecule has 1 heterocycles. The van der Waals surface area contributed by atoms with Crippen LogP contribution in [0.5, 0.6) is 0 Å². The average molecular weight is 277 g/mol. The van der Waals surface area contributed by atoms with Crippen molar-refractivity contribution in [3.63, 3.8) is 0 Å². The van der Waals surface area contributed by atoms with Gasteiger partial charge in [0.25, 0.3) is 0 Å². The normalized spacial score (nSPS) is 21.3. The maximum absolute atomic E-state index is 3.60. The van der Waals surface area contributed by atoms with Crippen molar-refractivity contribution in [1.29, 1.82) is 0 Å². The minimum atomic E-state index is 0.602. The van der Waals surface area contributed by atoms with Gasteiger partial charge < -0.3 is 5.32 Å². The van der Waals surface area contributed by atoms with Gasteiger partial charge in [-0.25, -0.2) is 0 Å². The molecule has 1 N–H and O–H groups in total. The Morgan fingerprint density at radius 1 is 1.00 bits per heavy atom. The number of hydrogen-bond donors (Lipinski definition) is 1. The molecule has 2 aromatic carbocycles. The van der Waals surface area contributed by atoms with Gasteiger partial charge in [-0.1, -0.05) is 36.8 Å². The van der Waals surface area contributed by atoms with Crippen molar-refractivity contribution in [1.82, 2.24) is 0 Å². The summed E-state index contributed by atoms with van der Waals surface area (Å²) in [5.41, 5.74) is 7.21. The summed E-state index contributed by atoms with van der Waals surface area (Å²) in [4.78, 5) is 0. The summed E-state index contributed by atoms with van der Waals surface area (Å²) in [5.74, 6) is 0.787. The Kier molecular flexibility index (Phi) is 3.21. The van der Waals surface area contributed by atoms with Crippen LogP contribution in [-0.4, -0.2) is 6.04 Å². The first-order valence-corrected chi connectivity index (χ1v) is 8.30. The van der Waals surface area contributed by atoms with Crippen molar-refractivity contribution in [2.24, 2.45) is 0 Å². The summed E-state index contributed by atoms with van der Waals surface area (Å²) >= 11 is 0. The predicted octanol–water partition coefficient (Wildman–Crippen LogP) is 5.37. The monoisotopic (exact) mass is 277 g/mol. The highest BCUT2D eigenvalue weighted by Gasteiger charge is 2.22. The van der Waals surface area contributed by atoms with Gasteiger partial charge in [-0.15, -0.1) is 0 Å². The summed E-state index contributed by atoms with van der Waals surface area (Å²) in [6, 6.07) is 16.6. The Balaban J connectivity index is 1.74. The van der Waals surface area contributed by atoms with Crippen LogP contribution in [-0.2, 0) is 6.42 Å². The molecule has 0 bridgehead atoms. The van der Waals surface area contributed by atoms with E-state index in [0.29, 0.717) is 6.04 Å². The minimum Gasteiger partial charge on any atom is -0.382 e. The van der Waals surface area contributed by atoms with Gasteiger partial charge >= 0.3 is 0 Å². The lowest BCUT2D eigenvalue weighted by atomic mass is 9.77. The molecule has 0 saturated heterocycles. The van der Waals surface area contributed by atoms with Gasteiger partial charge in [0.2, 0.25) is 0 Å². The molecule has 2 aromatic rings. The quantitative estimate of drug-likeness (QED) is 0.778. The smallest absolute Gasteiger partial charge is 0.0375 e. The maximum Gasteiger partial charge on any atom is 0.0375 e. The second-order valence-corrected chi connectivity index (χ2v) is 6.67. The van der Waals surface area contributed by atoms with E-state index in [0.717, 1.165) is 5.92 Å². The van der Waals surface area contributed by atoms with Crippen molar-refractivity contribution in [2.75, 3.05) is 5.32 Å². The van der Waals surface area contributed by atoms with Crippen molar-refractivity contribution in [3.05, 3.63) is 53.6 Å². The summed E-state index contributed by atoms with van der Waals surface area (Å²) in [5, 5.41) is 3.60. The van der Waals surface area contributed by atoms with Crippen molar-refractivity contribution in [3.8, 4) is 11.1 Å². The first-order valence-electron chi connectivity index (χ1n) is 8.30. The van der Waals surface area contributed by atoms with Crippen LogP contribution in [0.2, 0.25) is 0 Å². The van der Waals surface area contributed by atoms with Crippen molar-refractivity contribution in [2.45, 2.75) is 51.0 Å². The molecule has 1 nitrogen and oxygen atoms in total. The molecule has 2 aliphatic rings. The molecule has 1 fully saturated rings. The Labute approximate surface area is 127 Å². The second kappa shape index (κ2) is 5.22. The van der Waals surface area contributed by atoms with Gasteiger partial charge in [0.15, 0.2) is 0 Å². The highest BCUT2D eigenvalue weighted by Crippen LogP contribution is 2.41. The average Bonchev–Trinajstić information content (AvgIpc) is 2.46. The molecule has 0 radical (unpaired) electrons. The van der Waals surface area contributed by atoms with Crippen molar-refractivity contribution >= 4 is 5.69 Å². The van der Waals surface area contributed by atoms with E-state index in [9.17, 15) is 0 Å². The number of hydrogen-bond acceptors (Lipinski definition) is 1. The van der Waals surface area contributed by atoms with Gasteiger partial charge in [0.1, 0.15) is 0 Å². The molecule has 0 aromatic heterocycles. The maximum atomic E-state index is 3.60. The Morgan fingerprint density at radius 2 is 1.86 bits per heavy atom. The fraction of sp³-hybridized carbons (Fsp3) is 0.400. The lowest BCUT2D eigenvalue weighted by Crippen LogP contribution is -2.21. The Morgan fingerprint density at radius 3 is 2.67 bits per heavy atom. The lowest BCUT2D eigenvalue weighted by Gasteiger charge is -2.29. The molecule has 1 saturated carbocycles. The molecule has 0 spiro atoms. The summed E-state index contributed by atoms with van der Waals surface area (Å²) < 4.78 is 0. The van der Waals surface area contributed by atoms with E-state index in [4.69, 9.17) is 0 Å². The van der Waals surface area contributed by atoms with Crippen LogP contribution in [0.25, 0.3) is 11.1 Å². The minimum absolute atomic E-state index is 0.602. The first kappa shape index (κ1) is 12.9. The predicted molar refractivity (Wildman–Crippen MR) is 89.9 cm³/mol. The van der Waals surface area contributed by atoms with Gasteiger partial charge in [-0.3, -0.25) is 0 Å². The second-order valence-electron chi connectivity index (χ2n) is 6.67. The Bertz CT molecular complexity index is 655. The summed E-state index contributed by atoms with van der Waals surface area (Å²) in [7, 11) is 0. The van der Waals surface area contributed by atoms with Crippen LogP contribution in [0.3, 0.4) is 0 Å². The third kappa shape index (κ3) is 2.35. The van der Waals surface area contributed by atoms with E-state index < -0.39 is 0 Å². The molecule has 1 heteroatoms. The molecule has 1 aliphatic carbocycles. The highest BCUT2D eigenvalue weighted by molar-refractivity contribution is 5.72. The lowest BCUT2D eigenvalue weighted by molar-refractivity contribution is 0.420. The molecule has 1 unspecified atom stereocenters. The van der Waals surface area contributed by atoms with E-state index in [2.05, 4.69) is 54.7 Å². The zero-order chi connectivity index (χ0) is 14.2. The molecule has 1 aliphatic heterocycles. The molecule has 21 heavy (non-hydrogen) atoms. The van der Waals surface area contributed by atoms with E-state index in [1.165, 1.54) is 54.5 Å². The van der Waals surface area contributed by atoms with Crippen LogP contribution in [0, 0.1) is 0 Å². The van der Waals surface area contributed by atoms with Crippen LogP contribution in [0.15, 0.2) is 42.5 Å². The number of benzene rings is 2. The van der Waals surface area contributed by atoms with Crippen LogP contribution >= 0.6 is 0 Å². The third-order valence-corrected chi connectivity index (χ3v) is 5.17. The van der Waals surface area contributed by atoms with Crippen LogP contribution < -0.4 is 5.32 Å². The largest absolute Gasteiger partial charge is 0.382 e. The molecule has 1 atom stereocenters. The van der Waals surface area contributed by atoms with Crippen molar-refractivity contribution < 1.29 is 0 Å².